The molecule has 0 heterocycles. The summed E-state index contributed by atoms with van der Waals surface area (Å²) in [6.45, 7) is 5.82. The minimum atomic E-state index is -0.526. The van der Waals surface area contributed by atoms with Crippen molar-refractivity contribution in [2.75, 3.05) is 19.4 Å². The van der Waals surface area contributed by atoms with Gasteiger partial charge in [0.25, 0.3) is 0 Å². The van der Waals surface area contributed by atoms with Crippen LogP contribution < -0.4 is 11.1 Å². The predicted molar refractivity (Wildman–Crippen MR) is 95.1 cm³/mol. The van der Waals surface area contributed by atoms with Gasteiger partial charge >= 0.3 is 12.1 Å². The number of carbonyl (C=O) groups excluding carboxylic acids is 2. The highest BCUT2D eigenvalue weighted by Gasteiger charge is 2.15. The van der Waals surface area contributed by atoms with E-state index in [2.05, 4.69) is 10.1 Å². The van der Waals surface area contributed by atoms with Gasteiger partial charge in [-0.2, -0.15) is 0 Å². The molecule has 24 heavy (non-hydrogen) atoms. The Bertz CT molecular complexity index is 636. The maximum Gasteiger partial charge on any atom is 0.407 e. The topological polar surface area (TPSA) is 90.6 Å². The first kappa shape index (κ1) is 19.8. The number of benzene rings is 1. The number of halogens is 1. The van der Waals surface area contributed by atoms with E-state index >= 15 is 0 Å². The molecule has 3 N–H and O–H groups in total. The predicted octanol–water partition coefficient (Wildman–Crippen LogP) is 3.64. The van der Waals surface area contributed by atoms with Gasteiger partial charge in [0.15, 0.2) is 0 Å². The van der Waals surface area contributed by atoms with E-state index in [1.54, 1.807) is 32.9 Å². The lowest BCUT2D eigenvalue weighted by molar-refractivity contribution is 0.0527. The van der Waals surface area contributed by atoms with Crippen LogP contribution in [0.25, 0.3) is 6.08 Å². The normalized spacial score (nSPS) is 11.4. The molecule has 0 aliphatic carbocycles. The summed E-state index contributed by atoms with van der Waals surface area (Å²) in [5.74, 6) is -0.523. The van der Waals surface area contributed by atoms with Crippen molar-refractivity contribution in [3.63, 3.8) is 0 Å². The lowest BCUT2D eigenvalue weighted by Gasteiger charge is -2.19. The van der Waals surface area contributed by atoms with Crippen molar-refractivity contribution in [2.24, 2.45) is 0 Å². The molecule has 0 aliphatic rings. The second-order valence-electron chi connectivity index (χ2n) is 6.07. The van der Waals surface area contributed by atoms with E-state index in [4.69, 9.17) is 22.1 Å². The molecule has 0 fully saturated rings. The first-order valence-electron chi connectivity index (χ1n) is 7.45. The molecular weight excluding hydrogens is 332 g/mol. The molecular formula is C17H23ClN2O4. The van der Waals surface area contributed by atoms with Crippen molar-refractivity contribution in [3.05, 3.63) is 34.4 Å². The van der Waals surface area contributed by atoms with Crippen LogP contribution in [-0.4, -0.2) is 31.3 Å². The summed E-state index contributed by atoms with van der Waals surface area (Å²) in [4.78, 5) is 23.1. The van der Waals surface area contributed by atoms with Crippen LogP contribution in [0, 0.1) is 0 Å². The summed E-state index contributed by atoms with van der Waals surface area (Å²) in [7, 11) is 1.29. The first-order valence-corrected chi connectivity index (χ1v) is 7.82. The van der Waals surface area contributed by atoms with E-state index in [0.717, 1.165) is 0 Å². The van der Waals surface area contributed by atoms with Gasteiger partial charge in [-0.15, -0.1) is 0 Å². The van der Waals surface area contributed by atoms with Gasteiger partial charge in [0.05, 0.1) is 12.7 Å². The Kier molecular flexibility index (Phi) is 7.10. The molecule has 7 heteroatoms. The second-order valence-corrected chi connectivity index (χ2v) is 6.48. The number of rotatable bonds is 5. The van der Waals surface area contributed by atoms with Crippen molar-refractivity contribution in [1.29, 1.82) is 0 Å². The number of esters is 1. The molecule has 0 saturated carbocycles. The van der Waals surface area contributed by atoms with Crippen LogP contribution in [0.4, 0.5) is 10.5 Å². The van der Waals surface area contributed by atoms with Crippen LogP contribution in [-0.2, 0) is 9.47 Å². The zero-order valence-electron chi connectivity index (χ0n) is 14.3. The van der Waals surface area contributed by atoms with Crippen LogP contribution in [0.5, 0.6) is 0 Å². The Labute approximate surface area is 146 Å². The summed E-state index contributed by atoms with van der Waals surface area (Å²) in [5.41, 5.74) is 6.39. The zero-order valence-corrected chi connectivity index (χ0v) is 15.1. The van der Waals surface area contributed by atoms with Gasteiger partial charge < -0.3 is 20.5 Å². The molecule has 0 unspecified atom stereocenters. The van der Waals surface area contributed by atoms with E-state index in [-0.39, 0.29) is 11.3 Å². The molecule has 132 valence electrons. The number of hydrogen-bond acceptors (Lipinski definition) is 5. The minimum Gasteiger partial charge on any atom is -0.465 e. The quantitative estimate of drug-likeness (QED) is 0.478. The molecule has 1 aromatic rings. The fraction of sp³-hybridized carbons (Fsp3) is 0.412. The average Bonchev–Trinajstić information content (AvgIpc) is 2.46. The molecule has 0 atom stereocenters. The number of nitrogen functional groups attached to an aromatic ring is 1. The standard InChI is InChI=1S/C17H23ClN2O4/c1-17(2,3)24-16(22)20-8-6-5-7-11-9-12(15(21)23-4)14(19)10-13(11)18/h5,7,9-10H,6,8,19H2,1-4H3,(H,20,22). The number of carbonyl (C=O) groups is 2. The molecule has 0 radical (unpaired) electrons. The lowest BCUT2D eigenvalue weighted by atomic mass is 10.1. The molecule has 0 aromatic heterocycles. The Morgan fingerprint density at radius 2 is 2.00 bits per heavy atom. The smallest absolute Gasteiger partial charge is 0.407 e. The average molecular weight is 355 g/mol. The van der Waals surface area contributed by atoms with Crippen molar-refractivity contribution < 1.29 is 19.1 Å². The molecule has 0 spiro atoms. The van der Waals surface area contributed by atoms with Crippen LogP contribution in [0.2, 0.25) is 5.02 Å². The van der Waals surface area contributed by atoms with E-state index in [1.165, 1.54) is 13.2 Å². The van der Waals surface area contributed by atoms with Crippen LogP contribution in [0.3, 0.4) is 0 Å². The number of nitrogens with two attached hydrogens (primary N) is 1. The molecule has 1 amide bonds. The number of hydrogen-bond donors (Lipinski definition) is 2. The summed E-state index contributed by atoms with van der Waals surface area (Å²) in [5, 5.41) is 3.08. The minimum absolute atomic E-state index is 0.258. The van der Waals surface area contributed by atoms with Gasteiger partial charge in [-0.1, -0.05) is 23.8 Å². The summed E-state index contributed by atoms with van der Waals surface area (Å²) in [6, 6.07) is 3.08. The maximum absolute atomic E-state index is 11.6. The van der Waals surface area contributed by atoms with Crippen molar-refractivity contribution >= 4 is 35.4 Å². The number of nitrogens with one attached hydrogen (secondary N) is 1. The molecule has 1 aromatic carbocycles. The molecule has 0 aliphatic heterocycles. The van der Waals surface area contributed by atoms with Gasteiger partial charge in [0.1, 0.15) is 5.60 Å². The van der Waals surface area contributed by atoms with Crippen molar-refractivity contribution in [2.45, 2.75) is 32.8 Å². The molecule has 0 bridgehead atoms. The highest BCUT2D eigenvalue weighted by atomic mass is 35.5. The maximum atomic E-state index is 11.6. The van der Waals surface area contributed by atoms with Gasteiger partial charge in [0.2, 0.25) is 0 Å². The summed E-state index contributed by atoms with van der Waals surface area (Å²) >= 11 is 6.11. The third-order valence-electron chi connectivity index (χ3n) is 2.85. The second kappa shape index (κ2) is 8.59. The fourth-order valence-electron chi connectivity index (χ4n) is 1.80. The zero-order chi connectivity index (χ0) is 18.3. The fourth-order valence-corrected chi connectivity index (χ4v) is 2.04. The Morgan fingerprint density at radius 1 is 1.33 bits per heavy atom. The molecule has 1 rings (SSSR count). The van der Waals surface area contributed by atoms with Gasteiger partial charge in [-0.05, 0) is 44.9 Å². The van der Waals surface area contributed by atoms with Crippen molar-refractivity contribution in [1.82, 2.24) is 5.32 Å². The van der Waals surface area contributed by atoms with E-state index in [0.29, 0.717) is 23.6 Å². The van der Waals surface area contributed by atoms with E-state index < -0.39 is 17.7 Å². The Balaban J connectivity index is 2.62. The SMILES string of the molecule is COC(=O)c1cc(C=CCCNC(=O)OC(C)(C)C)c(Cl)cc1N. The molecule has 0 saturated heterocycles. The van der Waals surface area contributed by atoms with Crippen LogP contribution in [0.15, 0.2) is 18.2 Å². The van der Waals surface area contributed by atoms with E-state index in [1.807, 2.05) is 6.08 Å². The third-order valence-corrected chi connectivity index (χ3v) is 3.18. The number of anilines is 1. The molecule has 6 nitrogen and oxygen atoms in total. The largest absolute Gasteiger partial charge is 0.465 e. The van der Waals surface area contributed by atoms with Gasteiger partial charge in [0, 0.05) is 17.3 Å². The number of methoxy groups -OCH3 is 1. The van der Waals surface area contributed by atoms with Gasteiger partial charge in [-0.3, -0.25) is 0 Å². The Hall–Kier alpha value is -2.21. The number of ether oxygens (including phenoxy) is 2. The van der Waals surface area contributed by atoms with E-state index in [9.17, 15) is 9.59 Å². The first-order chi connectivity index (χ1) is 11.1. The van der Waals surface area contributed by atoms with Crippen LogP contribution in [0.1, 0.15) is 43.1 Å². The van der Waals surface area contributed by atoms with Crippen molar-refractivity contribution in [3.8, 4) is 0 Å². The lowest BCUT2D eigenvalue weighted by Crippen LogP contribution is -2.32. The Morgan fingerprint density at radius 3 is 2.58 bits per heavy atom. The number of alkyl carbamates (subject to hydrolysis) is 1. The van der Waals surface area contributed by atoms with Gasteiger partial charge in [-0.25, -0.2) is 9.59 Å². The number of amides is 1. The highest BCUT2D eigenvalue weighted by Crippen LogP contribution is 2.25. The summed E-state index contributed by atoms with van der Waals surface area (Å²) < 4.78 is 9.80. The monoisotopic (exact) mass is 354 g/mol. The highest BCUT2D eigenvalue weighted by molar-refractivity contribution is 6.32. The van der Waals surface area contributed by atoms with Crippen LogP contribution >= 0.6 is 11.6 Å². The summed E-state index contributed by atoms with van der Waals surface area (Å²) in [6.07, 6.45) is 3.70. The third kappa shape index (κ3) is 6.50.